The van der Waals surface area contributed by atoms with Crippen molar-refractivity contribution in [1.29, 1.82) is 5.26 Å². The number of rotatable bonds is 4. The monoisotopic (exact) mass is 287 g/mol. The molecule has 0 aromatic heterocycles. The lowest BCUT2D eigenvalue weighted by Crippen LogP contribution is -1.97. The van der Waals surface area contributed by atoms with Gasteiger partial charge in [0, 0.05) is 17.8 Å². The number of nitrogens with zero attached hydrogens (tertiary/aromatic N) is 2. The third-order valence-electron chi connectivity index (χ3n) is 2.70. The van der Waals surface area contributed by atoms with Crippen molar-refractivity contribution in [2.24, 2.45) is 0 Å². The van der Waals surface area contributed by atoms with Crippen LogP contribution >= 0.6 is 0 Å². The van der Waals surface area contributed by atoms with Crippen molar-refractivity contribution in [2.75, 3.05) is 12.4 Å². The third-order valence-corrected chi connectivity index (χ3v) is 2.70. The highest BCUT2D eigenvalue weighted by atomic mass is 19.1. The second kappa shape index (κ2) is 5.88. The molecule has 0 bridgehead atoms. The number of halogens is 1. The van der Waals surface area contributed by atoms with Gasteiger partial charge < -0.3 is 10.1 Å². The van der Waals surface area contributed by atoms with Crippen molar-refractivity contribution in [2.45, 2.75) is 0 Å². The number of non-ortho nitro benzene ring substituents is 1. The van der Waals surface area contributed by atoms with Crippen LogP contribution in [-0.4, -0.2) is 12.0 Å². The van der Waals surface area contributed by atoms with Crippen LogP contribution in [0.15, 0.2) is 36.4 Å². The standard InChI is InChI=1S/C14H10FN3O3/c1-21-14-4-9(8-16)2-3-13(14)17-11-5-10(15)6-12(7-11)18(19)20/h2-7,17H,1H3. The second-order valence-corrected chi connectivity index (χ2v) is 4.11. The predicted molar refractivity (Wildman–Crippen MR) is 74.0 cm³/mol. The molecule has 7 heteroatoms. The summed E-state index contributed by atoms with van der Waals surface area (Å²) in [5.41, 5.74) is 0.730. The molecule has 2 aromatic rings. The first kappa shape index (κ1) is 14.3. The fourth-order valence-corrected chi connectivity index (χ4v) is 1.77. The van der Waals surface area contributed by atoms with Gasteiger partial charge in [-0.3, -0.25) is 10.1 Å². The summed E-state index contributed by atoms with van der Waals surface area (Å²) in [4.78, 5) is 10.0. The molecule has 0 fully saturated rings. The first-order chi connectivity index (χ1) is 10.0. The van der Waals surface area contributed by atoms with E-state index in [1.54, 1.807) is 12.1 Å². The van der Waals surface area contributed by atoms with Gasteiger partial charge in [0.1, 0.15) is 11.6 Å². The van der Waals surface area contributed by atoms with E-state index in [-0.39, 0.29) is 11.4 Å². The maximum Gasteiger partial charge on any atom is 0.274 e. The van der Waals surface area contributed by atoms with E-state index in [9.17, 15) is 14.5 Å². The Hall–Kier alpha value is -3.14. The lowest BCUT2D eigenvalue weighted by Gasteiger charge is -2.11. The minimum atomic E-state index is -0.723. The number of nitriles is 1. The smallest absolute Gasteiger partial charge is 0.274 e. The molecule has 0 aliphatic heterocycles. The first-order valence-electron chi connectivity index (χ1n) is 5.83. The first-order valence-corrected chi connectivity index (χ1v) is 5.83. The van der Waals surface area contributed by atoms with Gasteiger partial charge in [0.2, 0.25) is 0 Å². The maximum absolute atomic E-state index is 13.4. The van der Waals surface area contributed by atoms with Gasteiger partial charge in [0.05, 0.1) is 35.4 Å². The molecule has 6 nitrogen and oxygen atoms in total. The Labute approximate surface area is 119 Å². The van der Waals surface area contributed by atoms with E-state index < -0.39 is 10.7 Å². The van der Waals surface area contributed by atoms with Crippen LogP contribution in [0.1, 0.15) is 5.56 Å². The SMILES string of the molecule is COc1cc(C#N)ccc1Nc1cc(F)cc([N+](=O)[O-])c1. The molecule has 106 valence electrons. The average molecular weight is 287 g/mol. The minimum Gasteiger partial charge on any atom is -0.495 e. The molecule has 0 aliphatic carbocycles. The van der Waals surface area contributed by atoms with Crippen LogP contribution in [0.4, 0.5) is 21.5 Å². The van der Waals surface area contributed by atoms with Gasteiger partial charge in [0.15, 0.2) is 0 Å². The van der Waals surface area contributed by atoms with Crippen molar-refractivity contribution < 1.29 is 14.1 Å². The van der Waals surface area contributed by atoms with Crippen molar-refractivity contribution in [3.63, 3.8) is 0 Å². The normalized spacial score (nSPS) is 9.76. The van der Waals surface area contributed by atoms with Crippen LogP contribution in [0.25, 0.3) is 0 Å². The Kier molecular flexibility index (Phi) is 4.00. The summed E-state index contributed by atoms with van der Waals surface area (Å²) in [6, 6.07) is 9.78. The summed E-state index contributed by atoms with van der Waals surface area (Å²) >= 11 is 0. The minimum absolute atomic E-state index is 0.213. The number of nitro groups is 1. The Morgan fingerprint density at radius 3 is 2.71 bits per heavy atom. The molecule has 0 spiro atoms. The highest BCUT2D eigenvalue weighted by Crippen LogP contribution is 2.30. The average Bonchev–Trinajstić information content (AvgIpc) is 2.47. The van der Waals surface area contributed by atoms with E-state index in [1.807, 2.05) is 6.07 Å². The Morgan fingerprint density at radius 1 is 1.33 bits per heavy atom. The van der Waals surface area contributed by atoms with Crippen molar-refractivity contribution in [3.8, 4) is 11.8 Å². The second-order valence-electron chi connectivity index (χ2n) is 4.11. The topological polar surface area (TPSA) is 88.2 Å². The maximum atomic E-state index is 13.4. The largest absolute Gasteiger partial charge is 0.495 e. The Morgan fingerprint density at radius 2 is 2.10 bits per heavy atom. The van der Waals surface area contributed by atoms with Crippen LogP contribution in [-0.2, 0) is 0 Å². The van der Waals surface area contributed by atoms with E-state index >= 15 is 0 Å². The van der Waals surface area contributed by atoms with Crippen molar-refractivity contribution >= 4 is 17.1 Å². The van der Waals surface area contributed by atoms with Gasteiger partial charge in [-0.15, -0.1) is 0 Å². The summed E-state index contributed by atoms with van der Waals surface area (Å²) in [6.45, 7) is 0. The fourth-order valence-electron chi connectivity index (χ4n) is 1.77. The van der Waals surface area contributed by atoms with Crippen LogP contribution in [0.5, 0.6) is 5.75 Å². The lowest BCUT2D eigenvalue weighted by molar-refractivity contribution is -0.385. The third kappa shape index (κ3) is 3.25. The zero-order valence-electron chi connectivity index (χ0n) is 11.0. The molecular weight excluding hydrogens is 277 g/mol. The van der Waals surface area contributed by atoms with Gasteiger partial charge in [-0.2, -0.15) is 5.26 Å². The van der Waals surface area contributed by atoms with Gasteiger partial charge in [-0.05, 0) is 18.2 Å². The quantitative estimate of drug-likeness (QED) is 0.688. The van der Waals surface area contributed by atoms with Crippen molar-refractivity contribution in [3.05, 3.63) is 57.9 Å². The molecule has 0 saturated carbocycles. The molecule has 2 rings (SSSR count). The summed E-state index contributed by atoms with van der Waals surface area (Å²) in [6.07, 6.45) is 0. The molecule has 1 N–H and O–H groups in total. The Balaban J connectivity index is 2.38. The number of hydrogen-bond acceptors (Lipinski definition) is 5. The van der Waals surface area contributed by atoms with Gasteiger partial charge in [-0.25, -0.2) is 4.39 Å². The van der Waals surface area contributed by atoms with Crippen LogP contribution in [0.2, 0.25) is 0 Å². The molecule has 0 aliphatic rings. The van der Waals surface area contributed by atoms with E-state index in [4.69, 9.17) is 10.00 Å². The lowest BCUT2D eigenvalue weighted by atomic mass is 10.2. The molecule has 0 saturated heterocycles. The molecule has 0 heterocycles. The number of ether oxygens (including phenoxy) is 1. The van der Waals surface area contributed by atoms with Crippen LogP contribution in [0, 0.1) is 27.3 Å². The van der Waals surface area contributed by atoms with E-state index in [0.717, 1.165) is 12.1 Å². The highest BCUT2D eigenvalue weighted by Gasteiger charge is 2.11. The number of anilines is 2. The molecule has 2 aromatic carbocycles. The van der Waals surface area contributed by atoms with Crippen LogP contribution in [0.3, 0.4) is 0 Å². The molecule has 0 amide bonds. The molecular formula is C14H10FN3O3. The Bertz CT molecular complexity index is 741. The van der Waals surface area contributed by atoms with E-state index in [2.05, 4.69) is 5.32 Å². The zero-order valence-corrected chi connectivity index (χ0v) is 11.0. The number of nitrogens with one attached hydrogen (secondary N) is 1. The summed E-state index contributed by atoms with van der Waals surface area (Å²) < 4.78 is 18.5. The molecule has 0 atom stereocenters. The molecule has 0 unspecified atom stereocenters. The fraction of sp³-hybridized carbons (Fsp3) is 0.0714. The summed E-state index contributed by atoms with van der Waals surface area (Å²) in [7, 11) is 1.43. The van der Waals surface area contributed by atoms with E-state index in [1.165, 1.54) is 19.2 Å². The number of nitro benzene ring substituents is 1. The zero-order chi connectivity index (χ0) is 15.4. The van der Waals surface area contributed by atoms with E-state index in [0.29, 0.717) is 17.0 Å². The number of methoxy groups -OCH3 is 1. The molecule has 21 heavy (non-hydrogen) atoms. The van der Waals surface area contributed by atoms with Crippen molar-refractivity contribution in [1.82, 2.24) is 0 Å². The number of benzene rings is 2. The van der Waals surface area contributed by atoms with Gasteiger partial charge in [0.25, 0.3) is 5.69 Å². The summed E-state index contributed by atoms with van der Waals surface area (Å²) in [5, 5.41) is 22.4. The predicted octanol–water partition coefficient (Wildman–Crippen LogP) is 3.36. The molecule has 0 radical (unpaired) electrons. The highest BCUT2D eigenvalue weighted by molar-refractivity contribution is 5.69. The number of hydrogen-bond donors (Lipinski definition) is 1. The van der Waals surface area contributed by atoms with Gasteiger partial charge in [-0.1, -0.05) is 0 Å². The summed E-state index contributed by atoms with van der Waals surface area (Å²) in [5.74, 6) is -0.347. The van der Waals surface area contributed by atoms with Crippen LogP contribution < -0.4 is 10.1 Å². The van der Waals surface area contributed by atoms with Gasteiger partial charge >= 0.3 is 0 Å².